The number of ketones is 1. The Morgan fingerprint density at radius 3 is 2.67 bits per heavy atom. The van der Waals surface area contributed by atoms with E-state index in [2.05, 4.69) is 10.3 Å². The molecule has 4 atom stereocenters. The Balaban J connectivity index is 1.31. The van der Waals surface area contributed by atoms with Crippen molar-refractivity contribution in [3.05, 3.63) is 53.6 Å². The standard InChI is InChI=1S/C30H36FN3O5/c1-19-8-4-5-9-23(19)32-29-33-24-12-10-21(17-26(24)38-29)18-27(35)30(31,34-14-6-7-15-34)39-25-13-11-22(16-20(25)2)28(36)37-3/h4-5,8-10,12,17,20,22,25H,6-7,11,13-16,18H2,1-3H3,(H,32,33)/t20-,22?,25-,30-/m0/s1. The number of fused-ring (bicyclic) bond motifs is 1. The molecule has 2 aliphatic rings. The van der Waals surface area contributed by atoms with Crippen LogP contribution in [0.5, 0.6) is 0 Å². The molecule has 0 bridgehead atoms. The number of ether oxygens (including phenoxy) is 2. The van der Waals surface area contributed by atoms with Crippen molar-refractivity contribution in [1.29, 1.82) is 0 Å². The molecule has 0 amide bonds. The van der Waals surface area contributed by atoms with Crippen molar-refractivity contribution in [3.8, 4) is 0 Å². The number of carbonyl (C=O) groups excluding carboxylic acids is 2. The van der Waals surface area contributed by atoms with Gasteiger partial charge in [-0.2, -0.15) is 9.37 Å². The lowest BCUT2D eigenvalue weighted by Crippen LogP contribution is -2.55. The topological polar surface area (TPSA) is 93.9 Å². The summed E-state index contributed by atoms with van der Waals surface area (Å²) in [5.41, 5.74) is 3.72. The third-order valence-electron chi connectivity index (χ3n) is 7.99. The normalized spacial score (nSPS) is 23.4. The highest BCUT2D eigenvalue weighted by Crippen LogP contribution is 2.37. The van der Waals surface area contributed by atoms with E-state index < -0.39 is 17.9 Å². The first-order valence-corrected chi connectivity index (χ1v) is 13.7. The molecule has 39 heavy (non-hydrogen) atoms. The Bertz CT molecular complexity index is 1340. The summed E-state index contributed by atoms with van der Waals surface area (Å²) in [6.45, 7) is 4.85. The monoisotopic (exact) mass is 537 g/mol. The fraction of sp³-hybridized carbons (Fsp3) is 0.500. The Morgan fingerprint density at radius 1 is 1.18 bits per heavy atom. The summed E-state index contributed by atoms with van der Waals surface area (Å²) in [6, 6.07) is 13.4. The number of alkyl halides is 1. The number of anilines is 2. The lowest BCUT2D eigenvalue weighted by atomic mass is 9.80. The third kappa shape index (κ3) is 5.84. The number of hydrogen-bond donors (Lipinski definition) is 1. The van der Waals surface area contributed by atoms with Gasteiger partial charge in [0.1, 0.15) is 5.52 Å². The van der Waals surface area contributed by atoms with Gasteiger partial charge in [0, 0.05) is 25.2 Å². The molecular weight excluding hydrogens is 501 g/mol. The number of rotatable bonds is 9. The van der Waals surface area contributed by atoms with E-state index in [1.165, 1.54) is 12.0 Å². The van der Waals surface area contributed by atoms with E-state index in [4.69, 9.17) is 13.9 Å². The molecule has 1 saturated heterocycles. The molecule has 1 aliphatic heterocycles. The number of hydrogen-bond acceptors (Lipinski definition) is 8. The van der Waals surface area contributed by atoms with Crippen LogP contribution >= 0.6 is 0 Å². The van der Waals surface area contributed by atoms with E-state index >= 15 is 4.39 Å². The Labute approximate surface area is 227 Å². The summed E-state index contributed by atoms with van der Waals surface area (Å²) >= 11 is 0. The highest BCUT2D eigenvalue weighted by atomic mass is 19.2. The minimum Gasteiger partial charge on any atom is -0.469 e. The molecule has 2 aromatic carbocycles. The van der Waals surface area contributed by atoms with Gasteiger partial charge in [-0.1, -0.05) is 31.2 Å². The first-order valence-electron chi connectivity index (χ1n) is 13.7. The van der Waals surface area contributed by atoms with E-state index in [-0.39, 0.29) is 24.2 Å². The highest BCUT2D eigenvalue weighted by Gasteiger charge is 2.49. The second-order valence-electron chi connectivity index (χ2n) is 10.8. The zero-order chi connectivity index (χ0) is 27.6. The number of para-hydroxylation sites is 1. The lowest BCUT2D eigenvalue weighted by Gasteiger charge is -2.40. The minimum atomic E-state index is -2.53. The molecule has 9 heteroatoms. The average Bonchev–Trinajstić information content (AvgIpc) is 3.61. The smallest absolute Gasteiger partial charge is 0.330 e. The van der Waals surface area contributed by atoms with E-state index in [1.54, 1.807) is 18.2 Å². The third-order valence-corrected chi connectivity index (χ3v) is 7.99. The molecule has 1 N–H and O–H groups in total. The summed E-state index contributed by atoms with van der Waals surface area (Å²) < 4.78 is 33.5. The van der Waals surface area contributed by atoms with E-state index in [1.807, 2.05) is 38.1 Å². The summed E-state index contributed by atoms with van der Waals surface area (Å²) in [4.78, 5) is 31.6. The van der Waals surface area contributed by atoms with Crippen molar-refractivity contribution in [2.45, 2.75) is 64.5 Å². The predicted octanol–water partition coefficient (Wildman–Crippen LogP) is 5.70. The van der Waals surface area contributed by atoms with Gasteiger partial charge in [-0.25, -0.2) is 4.90 Å². The molecule has 1 aliphatic carbocycles. The fourth-order valence-electron chi connectivity index (χ4n) is 5.70. The number of benzene rings is 2. The number of aryl methyl sites for hydroxylation is 1. The number of halogens is 1. The molecule has 208 valence electrons. The zero-order valence-corrected chi connectivity index (χ0v) is 22.7. The number of nitrogens with zero attached hydrogens (tertiary/aromatic N) is 2. The zero-order valence-electron chi connectivity index (χ0n) is 22.7. The van der Waals surface area contributed by atoms with Crippen molar-refractivity contribution < 1.29 is 27.9 Å². The van der Waals surface area contributed by atoms with Crippen LogP contribution in [0, 0.1) is 18.8 Å². The molecule has 5 rings (SSSR count). The molecule has 1 saturated carbocycles. The second kappa shape index (κ2) is 11.4. The number of methoxy groups -OCH3 is 1. The van der Waals surface area contributed by atoms with Gasteiger partial charge in [0.2, 0.25) is 5.78 Å². The molecule has 2 heterocycles. The summed E-state index contributed by atoms with van der Waals surface area (Å²) in [7, 11) is 1.38. The quantitative estimate of drug-likeness (QED) is 0.274. The molecule has 0 spiro atoms. The molecule has 1 aromatic heterocycles. The SMILES string of the molecule is COC(=O)C1CC[C@H](O[C@](F)(C(=O)Cc2ccc3nc(Nc4ccccc4C)oc3c2)N2CCCC2)[C@@H](C)C1. The largest absolute Gasteiger partial charge is 0.469 e. The van der Waals surface area contributed by atoms with Crippen LogP contribution < -0.4 is 5.32 Å². The molecule has 1 unspecified atom stereocenters. The number of esters is 1. The maximum atomic E-state index is 16.7. The minimum absolute atomic E-state index is 0.0851. The van der Waals surface area contributed by atoms with Gasteiger partial charge in [-0.05, 0) is 74.3 Å². The number of likely N-dealkylation sites (tertiary alicyclic amines) is 1. The number of Topliss-reactive ketones (excluding diaryl/α,β-unsaturated/α-hetero) is 1. The second-order valence-corrected chi connectivity index (χ2v) is 10.8. The average molecular weight is 538 g/mol. The molecule has 3 aromatic rings. The first-order chi connectivity index (χ1) is 18.8. The fourth-order valence-corrected chi connectivity index (χ4v) is 5.70. The lowest BCUT2D eigenvalue weighted by molar-refractivity contribution is -0.259. The van der Waals surface area contributed by atoms with Gasteiger partial charge in [-0.15, -0.1) is 0 Å². The van der Waals surface area contributed by atoms with Gasteiger partial charge in [-0.3, -0.25) is 9.59 Å². The number of carbonyl (C=O) groups is 2. The van der Waals surface area contributed by atoms with Crippen molar-refractivity contribution in [3.63, 3.8) is 0 Å². The van der Waals surface area contributed by atoms with E-state index in [0.29, 0.717) is 55.0 Å². The van der Waals surface area contributed by atoms with Crippen molar-refractivity contribution in [1.82, 2.24) is 9.88 Å². The number of aromatic nitrogens is 1. The molecule has 8 nitrogen and oxygen atoms in total. The van der Waals surface area contributed by atoms with Gasteiger partial charge in [0.15, 0.2) is 5.58 Å². The van der Waals surface area contributed by atoms with Crippen LogP contribution in [-0.4, -0.2) is 53.9 Å². The Morgan fingerprint density at radius 2 is 1.95 bits per heavy atom. The molecular formula is C30H36FN3O5. The van der Waals surface area contributed by atoms with Gasteiger partial charge in [0.25, 0.3) is 6.01 Å². The van der Waals surface area contributed by atoms with Crippen molar-refractivity contribution >= 4 is 34.6 Å². The van der Waals surface area contributed by atoms with Crippen LogP contribution in [0.4, 0.5) is 16.1 Å². The molecule has 0 radical (unpaired) electrons. The van der Waals surface area contributed by atoms with E-state index in [0.717, 1.165) is 24.1 Å². The maximum absolute atomic E-state index is 16.7. The van der Waals surface area contributed by atoms with Crippen molar-refractivity contribution in [2.75, 3.05) is 25.5 Å². The summed E-state index contributed by atoms with van der Waals surface area (Å²) in [5, 5.41) is 3.19. The van der Waals surface area contributed by atoms with Crippen molar-refractivity contribution in [2.24, 2.45) is 11.8 Å². The van der Waals surface area contributed by atoms with E-state index in [9.17, 15) is 9.59 Å². The first kappa shape index (κ1) is 27.3. The number of oxazole rings is 1. The predicted molar refractivity (Wildman–Crippen MR) is 145 cm³/mol. The summed E-state index contributed by atoms with van der Waals surface area (Å²) in [6.07, 6.45) is 2.61. The maximum Gasteiger partial charge on any atom is 0.330 e. The number of nitrogens with one attached hydrogen (secondary N) is 1. The molecule has 2 fully saturated rings. The van der Waals surface area contributed by atoms with Gasteiger partial charge in [0.05, 0.1) is 19.1 Å². The van der Waals surface area contributed by atoms with Crippen LogP contribution in [0.25, 0.3) is 11.1 Å². The summed E-state index contributed by atoms with van der Waals surface area (Å²) in [5.74, 6) is -3.72. The van der Waals surface area contributed by atoms with Crippen LogP contribution in [0.3, 0.4) is 0 Å². The van der Waals surface area contributed by atoms with Crippen LogP contribution in [0.15, 0.2) is 46.9 Å². The van der Waals surface area contributed by atoms with Crippen LogP contribution in [-0.2, 0) is 25.5 Å². The van der Waals surface area contributed by atoms with Crippen LogP contribution in [0.2, 0.25) is 0 Å². The highest BCUT2D eigenvalue weighted by molar-refractivity contribution is 5.88. The Hall–Kier alpha value is -3.30. The van der Waals surface area contributed by atoms with Gasteiger partial charge >= 0.3 is 11.9 Å². The Kier molecular flexibility index (Phi) is 8.00. The van der Waals surface area contributed by atoms with Crippen LogP contribution in [0.1, 0.15) is 50.2 Å². The van der Waals surface area contributed by atoms with Gasteiger partial charge < -0.3 is 19.2 Å².